The van der Waals surface area contributed by atoms with Gasteiger partial charge in [-0.3, -0.25) is 4.79 Å². The Kier molecular flexibility index (Phi) is 7.27. The third-order valence-electron chi connectivity index (χ3n) is 3.81. The standard InChI is InChI=1S/C15H23ClN4O4S2/c1-11(2)9-17-15(22)18-10-13(21)19-5-7-20(8-6-19)26(23,24)14-4-3-12(16)25-14/h3-4,11H,5-10H2,1-2H3,(H2,17,18,22). The summed E-state index contributed by atoms with van der Waals surface area (Å²) in [6.45, 7) is 5.36. The van der Waals surface area contributed by atoms with E-state index < -0.39 is 10.0 Å². The van der Waals surface area contributed by atoms with E-state index in [1.807, 2.05) is 13.8 Å². The molecule has 2 N–H and O–H groups in total. The second-order valence-corrected chi connectivity index (χ2v) is 10.2. The Morgan fingerprint density at radius 1 is 1.19 bits per heavy atom. The molecular formula is C15H23ClN4O4S2. The maximum atomic E-state index is 12.5. The van der Waals surface area contributed by atoms with E-state index in [4.69, 9.17) is 11.6 Å². The van der Waals surface area contributed by atoms with Gasteiger partial charge >= 0.3 is 6.03 Å². The van der Waals surface area contributed by atoms with E-state index in [9.17, 15) is 18.0 Å². The van der Waals surface area contributed by atoms with E-state index in [0.717, 1.165) is 11.3 Å². The van der Waals surface area contributed by atoms with Crippen molar-refractivity contribution in [3.05, 3.63) is 16.5 Å². The van der Waals surface area contributed by atoms with Gasteiger partial charge in [0.05, 0.1) is 10.9 Å². The SMILES string of the molecule is CC(C)CNC(=O)NCC(=O)N1CCN(S(=O)(=O)c2ccc(Cl)s2)CC1. The number of rotatable bonds is 6. The zero-order valence-electron chi connectivity index (χ0n) is 14.7. The maximum Gasteiger partial charge on any atom is 0.315 e. The number of thiophene rings is 1. The average Bonchev–Trinajstić information content (AvgIpc) is 3.05. The van der Waals surface area contributed by atoms with Crippen molar-refractivity contribution in [2.45, 2.75) is 18.1 Å². The third kappa shape index (κ3) is 5.57. The van der Waals surface area contributed by atoms with E-state index >= 15 is 0 Å². The molecule has 2 heterocycles. The van der Waals surface area contributed by atoms with Crippen LogP contribution in [0, 0.1) is 5.92 Å². The van der Waals surface area contributed by atoms with Crippen LogP contribution in [0.5, 0.6) is 0 Å². The molecule has 0 aliphatic carbocycles. The van der Waals surface area contributed by atoms with Crippen LogP contribution in [0.15, 0.2) is 16.3 Å². The summed E-state index contributed by atoms with van der Waals surface area (Å²) >= 11 is 6.83. The highest BCUT2D eigenvalue weighted by atomic mass is 35.5. The Labute approximate surface area is 162 Å². The summed E-state index contributed by atoms with van der Waals surface area (Å²) in [5.41, 5.74) is 0. The number of urea groups is 1. The van der Waals surface area contributed by atoms with Crippen LogP contribution >= 0.6 is 22.9 Å². The average molecular weight is 423 g/mol. The molecule has 11 heteroatoms. The van der Waals surface area contributed by atoms with Gasteiger partial charge in [0.15, 0.2) is 0 Å². The number of hydrogen-bond donors (Lipinski definition) is 2. The fourth-order valence-electron chi connectivity index (χ4n) is 2.37. The molecule has 0 saturated carbocycles. The first-order valence-corrected chi connectivity index (χ1v) is 10.9. The van der Waals surface area contributed by atoms with Gasteiger partial charge < -0.3 is 15.5 Å². The fourth-order valence-corrected chi connectivity index (χ4v) is 5.43. The highest BCUT2D eigenvalue weighted by Gasteiger charge is 2.31. The molecule has 1 aliphatic rings. The van der Waals surface area contributed by atoms with E-state index in [2.05, 4.69) is 10.6 Å². The number of halogens is 1. The molecule has 1 fully saturated rings. The molecule has 0 bridgehead atoms. The Morgan fingerprint density at radius 3 is 2.38 bits per heavy atom. The molecule has 2 rings (SSSR count). The number of amides is 3. The number of nitrogens with zero attached hydrogens (tertiary/aromatic N) is 2. The highest BCUT2D eigenvalue weighted by Crippen LogP contribution is 2.28. The number of sulfonamides is 1. The summed E-state index contributed by atoms with van der Waals surface area (Å²) in [7, 11) is -3.58. The molecule has 0 unspecified atom stereocenters. The lowest BCUT2D eigenvalue weighted by atomic mass is 10.2. The van der Waals surface area contributed by atoms with Crippen LogP contribution in [0.4, 0.5) is 4.79 Å². The van der Waals surface area contributed by atoms with Gasteiger partial charge in [0.2, 0.25) is 5.91 Å². The number of piperazine rings is 1. The molecule has 26 heavy (non-hydrogen) atoms. The maximum absolute atomic E-state index is 12.5. The summed E-state index contributed by atoms with van der Waals surface area (Å²) < 4.78 is 27.0. The van der Waals surface area contributed by atoms with Gasteiger partial charge in [0.1, 0.15) is 4.21 Å². The highest BCUT2D eigenvalue weighted by molar-refractivity contribution is 7.91. The van der Waals surface area contributed by atoms with Gasteiger partial charge in [0, 0.05) is 32.7 Å². The van der Waals surface area contributed by atoms with Crippen molar-refractivity contribution < 1.29 is 18.0 Å². The molecule has 1 aromatic rings. The summed E-state index contributed by atoms with van der Waals surface area (Å²) in [5.74, 6) is 0.0885. The Balaban J connectivity index is 1.80. The Bertz CT molecular complexity index is 743. The lowest BCUT2D eigenvalue weighted by Crippen LogP contribution is -2.53. The normalized spacial score (nSPS) is 15.9. The predicted octanol–water partition coefficient (Wildman–Crippen LogP) is 1.19. The van der Waals surface area contributed by atoms with Crippen molar-refractivity contribution in [1.82, 2.24) is 19.8 Å². The minimum Gasteiger partial charge on any atom is -0.339 e. The number of hydrogen-bond acceptors (Lipinski definition) is 5. The van der Waals surface area contributed by atoms with Crippen LogP contribution in [0.1, 0.15) is 13.8 Å². The first-order valence-electron chi connectivity index (χ1n) is 8.25. The summed E-state index contributed by atoms with van der Waals surface area (Å²) in [6, 6.07) is 2.65. The second kappa shape index (κ2) is 9.03. The van der Waals surface area contributed by atoms with E-state index in [-0.39, 0.29) is 48.9 Å². The number of nitrogens with one attached hydrogen (secondary N) is 2. The smallest absolute Gasteiger partial charge is 0.315 e. The van der Waals surface area contributed by atoms with Gasteiger partial charge in [-0.05, 0) is 18.1 Å². The fraction of sp³-hybridized carbons (Fsp3) is 0.600. The predicted molar refractivity (Wildman–Crippen MR) is 101 cm³/mol. The van der Waals surface area contributed by atoms with Gasteiger partial charge in [-0.25, -0.2) is 13.2 Å². The topological polar surface area (TPSA) is 98.8 Å². The van der Waals surface area contributed by atoms with Crippen LogP contribution in [0.3, 0.4) is 0 Å². The molecule has 146 valence electrons. The monoisotopic (exact) mass is 422 g/mol. The number of carbonyl (C=O) groups is 2. The summed E-state index contributed by atoms with van der Waals surface area (Å²) in [4.78, 5) is 25.3. The lowest BCUT2D eigenvalue weighted by Gasteiger charge is -2.33. The van der Waals surface area contributed by atoms with Crippen LogP contribution in [0.2, 0.25) is 4.34 Å². The minimum absolute atomic E-state index is 0.114. The Morgan fingerprint density at radius 2 is 1.85 bits per heavy atom. The molecule has 0 aromatic carbocycles. The minimum atomic E-state index is -3.58. The zero-order valence-corrected chi connectivity index (χ0v) is 17.1. The lowest BCUT2D eigenvalue weighted by molar-refractivity contribution is -0.131. The van der Waals surface area contributed by atoms with Gasteiger partial charge in [-0.1, -0.05) is 25.4 Å². The summed E-state index contributed by atoms with van der Waals surface area (Å²) in [5, 5.41) is 5.19. The van der Waals surface area contributed by atoms with Gasteiger partial charge in [-0.2, -0.15) is 4.31 Å². The molecule has 1 saturated heterocycles. The molecular weight excluding hydrogens is 400 g/mol. The quantitative estimate of drug-likeness (QED) is 0.719. The molecule has 8 nitrogen and oxygen atoms in total. The van der Waals surface area contributed by atoms with E-state index in [0.29, 0.717) is 16.8 Å². The molecule has 3 amide bonds. The van der Waals surface area contributed by atoms with Crippen molar-refractivity contribution in [3.63, 3.8) is 0 Å². The van der Waals surface area contributed by atoms with Crippen molar-refractivity contribution in [3.8, 4) is 0 Å². The van der Waals surface area contributed by atoms with Gasteiger partial charge in [0.25, 0.3) is 10.0 Å². The van der Waals surface area contributed by atoms with Crippen molar-refractivity contribution in [2.75, 3.05) is 39.3 Å². The second-order valence-electron chi connectivity index (χ2n) is 6.30. The van der Waals surface area contributed by atoms with Gasteiger partial charge in [-0.15, -0.1) is 11.3 Å². The van der Waals surface area contributed by atoms with Crippen LogP contribution in [0.25, 0.3) is 0 Å². The van der Waals surface area contributed by atoms with Crippen molar-refractivity contribution in [1.29, 1.82) is 0 Å². The Hall–Kier alpha value is -1.36. The van der Waals surface area contributed by atoms with Crippen molar-refractivity contribution in [2.24, 2.45) is 5.92 Å². The van der Waals surface area contributed by atoms with E-state index in [1.165, 1.54) is 10.4 Å². The first-order chi connectivity index (χ1) is 12.2. The summed E-state index contributed by atoms with van der Waals surface area (Å²) in [6.07, 6.45) is 0. The molecule has 0 atom stereocenters. The largest absolute Gasteiger partial charge is 0.339 e. The van der Waals surface area contributed by atoms with Crippen LogP contribution in [-0.4, -0.2) is 68.8 Å². The van der Waals surface area contributed by atoms with E-state index in [1.54, 1.807) is 11.0 Å². The first kappa shape index (κ1) is 20.9. The third-order valence-corrected chi connectivity index (χ3v) is 7.40. The van der Waals surface area contributed by atoms with Crippen LogP contribution < -0.4 is 10.6 Å². The number of carbonyl (C=O) groups excluding carboxylic acids is 2. The molecule has 1 aliphatic heterocycles. The molecule has 0 radical (unpaired) electrons. The van der Waals surface area contributed by atoms with Crippen LogP contribution in [-0.2, 0) is 14.8 Å². The molecule has 0 spiro atoms. The molecule has 1 aromatic heterocycles. The van der Waals surface area contributed by atoms with Crippen molar-refractivity contribution >= 4 is 44.9 Å². The zero-order chi connectivity index (χ0) is 19.3.